The summed E-state index contributed by atoms with van der Waals surface area (Å²) in [6.45, 7) is 0. The van der Waals surface area contributed by atoms with E-state index in [1.807, 2.05) is 0 Å². The van der Waals surface area contributed by atoms with Gasteiger partial charge in [-0.05, 0) is 22.6 Å². The highest BCUT2D eigenvalue weighted by Crippen LogP contribution is 2.44. The first kappa shape index (κ1) is 11.6. The van der Waals surface area contributed by atoms with Crippen LogP contribution >= 0.6 is 22.6 Å². The fourth-order valence-corrected chi connectivity index (χ4v) is 1.22. The summed E-state index contributed by atoms with van der Waals surface area (Å²) in [4.78, 5) is 0. The second kappa shape index (κ2) is 3.28. The van der Waals surface area contributed by atoms with Gasteiger partial charge < -0.3 is 0 Å². The molecule has 0 atom stereocenters. The molecule has 0 fully saturated rings. The average molecular weight is 327 g/mol. The van der Waals surface area contributed by atoms with Crippen LogP contribution in [0.25, 0.3) is 0 Å². The monoisotopic (exact) mass is 327 g/mol. The zero-order chi connectivity index (χ0) is 11.1. The molecule has 0 saturated carbocycles. The summed E-state index contributed by atoms with van der Waals surface area (Å²) in [6, 6.07) is 0. The number of aryl methyl sites for hydroxylation is 1. The zero-order valence-electron chi connectivity index (χ0n) is 6.61. The van der Waals surface area contributed by atoms with Gasteiger partial charge in [0.1, 0.15) is 3.70 Å². The van der Waals surface area contributed by atoms with Crippen LogP contribution in [-0.4, -0.2) is 21.2 Å². The minimum absolute atomic E-state index is 0.343. The molecule has 0 saturated heterocycles. The van der Waals surface area contributed by atoms with Gasteiger partial charge in [-0.1, -0.05) is 5.21 Å². The SMILES string of the molecule is Cn1nnc(C(F)(F)C(F)(F)F)c1I. The lowest BCUT2D eigenvalue weighted by molar-refractivity contribution is -0.291. The molecule has 0 unspecified atom stereocenters. The fraction of sp³-hybridized carbons (Fsp3) is 0.600. The Hall–Kier alpha value is -0.480. The summed E-state index contributed by atoms with van der Waals surface area (Å²) < 4.78 is 61.5. The van der Waals surface area contributed by atoms with Gasteiger partial charge in [0.15, 0.2) is 5.69 Å². The molecule has 14 heavy (non-hydrogen) atoms. The second-order valence-electron chi connectivity index (χ2n) is 2.42. The molecule has 1 heterocycles. The molecular weight excluding hydrogens is 324 g/mol. The van der Waals surface area contributed by atoms with Crippen molar-refractivity contribution in [2.24, 2.45) is 7.05 Å². The highest BCUT2D eigenvalue weighted by Gasteiger charge is 2.61. The van der Waals surface area contributed by atoms with Crippen LogP contribution in [0.15, 0.2) is 0 Å². The van der Waals surface area contributed by atoms with Crippen molar-refractivity contribution in [1.82, 2.24) is 15.0 Å². The van der Waals surface area contributed by atoms with Crippen LogP contribution < -0.4 is 0 Å². The molecule has 0 N–H and O–H groups in total. The number of aromatic nitrogens is 3. The summed E-state index contributed by atoms with van der Waals surface area (Å²) in [5, 5.41) is 5.86. The number of hydrogen-bond donors (Lipinski definition) is 0. The Morgan fingerprint density at radius 2 is 1.71 bits per heavy atom. The van der Waals surface area contributed by atoms with Crippen molar-refractivity contribution in [2.75, 3.05) is 0 Å². The second-order valence-corrected chi connectivity index (χ2v) is 3.45. The summed E-state index contributed by atoms with van der Waals surface area (Å²) in [6.07, 6.45) is -5.65. The lowest BCUT2D eigenvalue weighted by atomic mass is 10.2. The number of rotatable bonds is 1. The van der Waals surface area contributed by atoms with Crippen LogP contribution in [0.2, 0.25) is 0 Å². The van der Waals surface area contributed by atoms with E-state index in [1.165, 1.54) is 29.6 Å². The molecule has 0 aromatic carbocycles. The van der Waals surface area contributed by atoms with Gasteiger partial charge in [0.25, 0.3) is 0 Å². The molecule has 0 spiro atoms. The van der Waals surface area contributed by atoms with Crippen molar-refractivity contribution < 1.29 is 22.0 Å². The highest BCUT2D eigenvalue weighted by atomic mass is 127. The average Bonchev–Trinajstić information content (AvgIpc) is 2.30. The predicted molar refractivity (Wildman–Crippen MR) is 43.7 cm³/mol. The molecule has 0 radical (unpaired) electrons. The molecule has 0 amide bonds. The van der Waals surface area contributed by atoms with Gasteiger partial charge in [0.05, 0.1) is 0 Å². The molecule has 0 bridgehead atoms. The van der Waals surface area contributed by atoms with Gasteiger partial charge in [-0.3, -0.25) is 0 Å². The zero-order valence-corrected chi connectivity index (χ0v) is 8.77. The van der Waals surface area contributed by atoms with Crippen LogP contribution in [0.3, 0.4) is 0 Å². The Labute approximate surface area is 88.4 Å². The Morgan fingerprint density at radius 3 is 2.00 bits per heavy atom. The van der Waals surface area contributed by atoms with Gasteiger partial charge in [0, 0.05) is 7.05 Å². The molecule has 1 aromatic rings. The van der Waals surface area contributed by atoms with Gasteiger partial charge in [-0.2, -0.15) is 22.0 Å². The maximum atomic E-state index is 12.7. The van der Waals surface area contributed by atoms with Gasteiger partial charge >= 0.3 is 12.1 Å². The number of nitrogens with zero attached hydrogens (tertiary/aromatic N) is 3. The third kappa shape index (κ3) is 1.68. The van der Waals surface area contributed by atoms with E-state index >= 15 is 0 Å². The Balaban J connectivity index is 3.23. The highest BCUT2D eigenvalue weighted by molar-refractivity contribution is 14.1. The number of halogens is 6. The quantitative estimate of drug-likeness (QED) is 0.584. The first-order valence-electron chi connectivity index (χ1n) is 3.18. The lowest BCUT2D eigenvalue weighted by Gasteiger charge is -2.17. The fourth-order valence-electron chi connectivity index (χ4n) is 0.672. The summed E-state index contributed by atoms with van der Waals surface area (Å²) in [5.41, 5.74) is -1.37. The first-order valence-corrected chi connectivity index (χ1v) is 4.26. The summed E-state index contributed by atoms with van der Waals surface area (Å²) in [7, 11) is 1.23. The molecule has 80 valence electrons. The normalized spacial score (nSPS) is 13.4. The Bertz CT molecular complexity index is 344. The van der Waals surface area contributed by atoms with Crippen molar-refractivity contribution in [3.8, 4) is 0 Å². The van der Waals surface area contributed by atoms with Crippen LogP contribution in [0.1, 0.15) is 5.69 Å². The van der Waals surface area contributed by atoms with Crippen molar-refractivity contribution >= 4 is 22.6 Å². The van der Waals surface area contributed by atoms with E-state index < -0.39 is 17.8 Å². The van der Waals surface area contributed by atoms with Gasteiger partial charge in [-0.25, -0.2) is 4.68 Å². The van der Waals surface area contributed by atoms with E-state index in [-0.39, 0.29) is 3.70 Å². The van der Waals surface area contributed by atoms with Gasteiger partial charge in [-0.15, -0.1) is 5.10 Å². The number of hydrogen-bond acceptors (Lipinski definition) is 2. The van der Waals surface area contributed by atoms with Gasteiger partial charge in [0.2, 0.25) is 0 Å². The minimum Gasteiger partial charge on any atom is -0.242 e. The smallest absolute Gasteiger partial charge is 0.242 e. The standard InChI is InChI=1S/C5H3F5IN3/c1-14-3(11)2(12-13-14)4(6,7)5(8,9)10/h1H3. The van der Waals surface area contributed by atoms with Crippen molar-refractivity contribution in [1.29, 1.82) is 0 Å². The minimum atomic E-state index is -5.65. The third-order valence-electron chi connectivity index (χ3n) is 1.41. The molecular formula is C5H3F5IN3. The Morgan fingerprint density at radius 1 is 1.21 bits per heavy atom. The maximum absolute atomic E-state index is 12.7. The van der Waals surface area contributed by atoms with E-state index in [0.29, 0.717) is 0 Å². The van der Waals surface area contributed by atoms with Crippen LogP contribution in [0, 0.1) is 3.70 Å². The van der Waals surface area contributed by atoms with E-state index in [1.54, 1.807) is 0 Å². The topological polar surface area (TPSA) is 30.7 Å². The molecule has 0 aliphatic heterocycles. The molecule has 0 aliphatic carbocycles. The number of alkyl halides is 5. The Kier molecular flexibility index (Phi) is 2.71. The van der Waals surface area contributed by atoms with Crippen LogP contribution in [-0.2, 0) is 13.0 Å². The predicted octanol–water partition coefficient (Wildman–Crippen LogP) is 2.07. The maximum Gasteiger partial charge on any atom is 0.459 e. The van der Waals surface area contributed by atoms with E-state index in [9.17, 15) is 22.0 Å². The van der Waals surface area contributed by atoms with Crippen molar-refractivity contribution in [2.45, 2.75) is 12.1 Å². The molecule has 9 heteroatoms. The molecule has 1 rings (SSSR count). The molecule has 1 aromatic heterocycles. The van der Waals surface area contributed by atoms with Crippen molar-refractivity contribution in [3.05, 3.63) is 9.39 Å². The van der Waals surface area contributed by atoms with Crippen LogP contribution in [0.5, 0.6) is 0 Å². The lowest BCUT2D eigenvalue weighted by Crippen LogP contribution is -2.34. The largest absolute Gasteiger partial charge is 0.459 e. The molecule has 0 aliphatic rings. The third-order valence-corrected chi connectivity index (χ3v) is 2.62. The van der Waals surface area contributed by atoms with Crippen LogP contribution in [0.4, 0.5) is 22.0 Å². The van der Waals surface area contributed by atoms with Crippen molar-refractivity contribution in [3.63, 3.8) is 0 Å². The molecule has 3 nitrogen and oxygen atoms in total. The van der Waals surface area contributed by atoms with E-state index in [4.69, 9.17) is 0 Å². The first-order chi connectivity index (χ1) is 6.18. The summed E-state index contributed by atoms with van der Waals surface area (Å²) >= 11 is 1.32. The summed E-state index contributed by atoms with van der Waals surface area (Å²) in [5.74, 6) is -4.96. The van der Waals surface area contributed by atoms with E-state index in [0.717, 1.165) is 4.68 Å². The van der Waals surface area contributed by atoms with E-state index in [2.05, 4.69) is 10.3 Å².